The number of aromatic nitrogens is 15. The molecule has 0 aromatic carbocycles. The largest absolute Gasteiger partial charge is 0.433 e. The zero-order valence-corrected chi connectivity index (χ0v) is 51.4. The molecule has 0 aliphatic heterocycles. The Balaban J connectivity index is 0.000000170. The Morgan fingerprint density at radius 3 is 1.48 bits per heavy atom. The number of rotatable bonds is 16. The molecule has 0 atom stereocenters. The summed E-state index contributed by atoms with van der Waals surface area (Å²) in [4.78, 5) is 98.6. The molecule has 12 rings (SSSR count). The van der Waals surface area contributed by atoms with Crippen LogP contribution in [0, 0.1) is 26.6 Å². The average Bonchev–Trinajstić information content (AvgIpc) is 0.910. The molecule has 0 aliphatic carbocycles. The van der Waals surface area contributed by atoms with Crippen molar-refractivity contribution in [3.05, 3.63) is 270 Å². The van der Waals surface area contributed by atoms with Gasteiger partial charge in [-0.1, -0.05) is 13.5 Å². The van der Waals surface area contributed by atoms with Gasteiger partial charge in [-0.25, -0.2) is 4.39 Å². The van der Waals surface area contributed by atoms with E-state index in [1.54, 1.807) is 118 Å². The van der Waals surface area contributed by atoms with Crippen LogP contribution in [0.4, 0.5) is 26.3 Å². The van der Waals surface area contributed by atoms with Crippen molar-refractivity contribution in [3.63, 3.8) is 0 Å². The number of amides is 3. The lowest BCUT2D eigenvalue weighted by atomic mass is 10.0. The molecule has 21 nitrogen and oxygen atoms in total. The Morgan fingerprint density at radius 2 is 0.948 bits per heavy atom. The Hall–Kier alpha value is -12.4. The lowest BCUT2D eigenvalue weighted by Crippen LogP contribution is -2.24. The molecule has 0 spiro atoms. The smallest absolute Gasteiger partial charge is 0.347 e. The predicted octanol–water partition coefficient (Wildman–Crippen LogP) is 12.6. The molecule has 3 N–H and O–H groups in total. The number of carbonyl (C=O) groups is 3. The summed E-state index contributed by atoms with van der Waals surface area (Å²) in [6.45, 7) is 7.12. The van der Waals surface area contributed by atoms with Gasteiger partial charge in [-0.05, 0) is 134 Å². The van der Waals surface area contributed by atoms with Crippen LogP contribution in [-0.4, -0.2) is 92.5 Å². The van der Waals surface area contributed by atoms with Crippen LogP contribution in [0.3, 0.4) is 0 Å². The molecule has 27 heteroatoms. The number of carbonyl (C=O) groups excluding carboxylic acids is 3. The van der Waals surface area contributed by atoms with Gasteiger partial charge >= 0.3 is 6.18 Å². The quantitative estimate of drug-likeness (QED) is 0.0758. The van der Waals surface area contributed by atoms with E-state index in [0.717, 1.165) is 70.0 Å². The molecule has 0 unspecified atom stereocenters. The maximum absolute atomic E-state index is 14.5. The van der Waals surface area contributed by atoms with Gasteiger partial charge in [-0.2, -0.15) is 22.0 Å². The van der Waals surface area contributed by atoms with Crippen LogP contribution in [0.15, 0.2) is 203 Å². The van der Waals surface area contributed by atoms with Crippen molar-refractivity contribution in [2.75, 3.05) is 0 Å². The first kappa shape index (κ1) is 68.9. The van der Waals surface area contributed by atoms with Gasteiger partial charge in [0.05, 0.1) is 53.6 Å². The summed E-state index contributed by atoms with van der Waals surface area (Å²) >= 11 is 0. The Morgan fingerprint density at radius 1 is 0.402 bits per heavy atom. The summed E-state index contributed by atoms with van der Waals surface area (Å²) in [6, 6.07) is 24.0. The third-order valence-electron chi connectivity index (χ3n) is 14.1. The summed E-state index contributed by atoms with van der Waals surface area (Å²) in [5.74, 6) is -4.92. The van der Waals surface area contributed by atoms with Gasteiger partial charge in [0.25, 0.3) is 23.6 Å². The van der Waals surface area contributed by atoms with Crippen LogP contribution in [0.2, 0.25) is 0 Å². The minimum Gasteiger partial charge on any atom is -0.347 e. The van der Waals surface area contributed by atoms with E-state index in [-0.39, 0.29) is 55.0 Å². The molecule has 97 heavy (non-hydrogen) atoms. The first-order chi connectivity index (χ1) is 46.2. The minimum atomic E-state index is -4.66. The van der Waals surface area contributed by atoms with Crippen molar-refractivity contribution >= 4 is 17.7 Å². The number of nitrogens with one attached hydrogen (secondary N) is 3. The molecule has 0 fully saturated rings. The summed E-state index contributed by atoms with van der Waals surface area (Å²) < 4.78 is 80.1. The van der Waals surface area contributed by atoms with Crippen LogP contribution in [0.1, 0.15) is 90.8 Å². The lowest BCUT2D eigenvalue weighted by molar-refractivity contribution is -0.141. The summed E-state index contributed by atoms with van der Waals surface area (Å²) in [6.07, 6.45) is 23.2. The molecule has 0 aliphatic rings. The predicted molar refractivity (Wildman–Crippen MR) is 347 cm³/mol. The third kappa shape index (κ3) is 18.5. The van der Waals surface area contributed by atoms with E-state index >= 15 is 0 Å². The second-order valence-electron chi connectivity index (χ2n) is 21.2. The second-order valence-corrected chi connectivity index (χ2v) is 21.2. The molecule has 0 bridgehead atoms. The van der Waals surface area contributed by atoms with E-state index in [9.17, 15) is 40.7 Å². The highest BCUT2D eigenvalue weighted by Crippen LogP contribution is 2.32. The minimum absolute atomic E-state index is 0. The van der Waals surface area contributed by atoms with E-state index in [1.165, 1.54) is 43.0 Å². The van der Waals surface area contributed by atoms with Crippen LogP contribution < -0.4 is 16.0 Å². The SMILES string of the molecule is C.Cc1cc(-c2cnc(CNC(=O)c3ccc(-c4cnccn4)cn3)cc2C)ccn1.Cc1cc(-c2cnccn2)cnc1C(=O)NCc1ccc(-c2ccnc(C(C)(F)F)c2)nc1.O=C(NCc1cnc(-c2ccnc(C(F)(F)F)c2)c(F)c1)c1ccc(-c2cnccn2)cn1. The third-order valence-corrected chi connectivity index (χ3v) is 14.1. The number of pyridine rings is 9. The van der Waals surface area contributed by atoms with E-state index < -0.39 is 29.5 Å². The number of hydrogen-bond donors (Lipinski definition) is 3. The lowest BCUT2D eigenvalue weighted by Gasteiger charge is -2.11. The zero-order chi connectivity index (χ0) is 67.8. The van der Waals surface area contributed by atoms with Crippen molar-refractivity contribution in [2.24, 2.45) is 0 Å². The fraction of sp³-hybridized carbons (Fsp3) is 0.143. The maximum atomic E-state index is 14.5. The van der Waals surface area contributed by atoms with Crippen molar-refractivity contribution < 1.29 is 40.7 Å². The molecule has 488 valence electrons. The van der Waals surface area contributed by atoms with Crippen molar-refractivity contribution in [2.45, 2.75) is 66.9 Å². The van der Waals surface area contributed by atoms with Crippen LogP contribution in [0.25, 0.3) is 67.4 Å². The van der Waals surface area contributed by atoms with Crippen molar-refractivity contribution in [3.8, 4) is 67.4 Å². The molecule has 3 amide bonds. The van der Waals surface area contributed by atoms with Gasteiger partial charge in [-0.15, -0.1) is 0 Å². The zero-order valence-electron chi connectivity index (χ0n) is 51.4. The fourth-order valence-electron chi connectivity index (χ4n) is 9.23. The molecule has 12 heterocycles. The average molecular weight is 1310 g/mol. The second kappa shape index (κ2) is 31.5. The van der Waals surface area contributed by atoms with Crippen molar-refractivity contribution in [1.29, 1.82) is 0 Å². The van der Waals surface area contributed by atoms with E-state index in [1.807, 2.05) is 44.3 Å². The highest BCUT2D eigenvalue weighted by Gasteiger charge is 2.33. The Kier molecular flexibility index (Phi) is 22.4. The number of hydrogen-bond acceptors (Lipinski definition) is 18. The first-order valence-corrected chi connectivity index (χ1v) is 29.1. The fourth-order valence-corrected chi connectivity index (χ4v) is 9.23. The first-order valence-electron chi connectivity index (χ1n) is 29.1. The molecule has 12 aromatic rings. The van der Waals surface area contributed by atoms with Crippen molar-refractivity contribution in [1.82, 2.24) is 90.7 Å². The van der Waals surface area contributed by atoms with E-state index in [4.69, 9.17) is 0 Å². The van der Waals surface area contributed by atoms with Gasteiger partial charge in [0.1, 0.15) is 40.0 Å². The molecular weight excluding hydrogens is 1250 g/mol. The topological polar surface area (TPSA) is 281 Å². The van der Waals surface area contributed by atoms with Gasteiger partial charge in [-0.3, -0.25) is 89.1 Å². The molecule has 0 radical (unpaired) electrons. The van der Waals surface area contributed by atoms with Gasteiger partial charge in [0.15, 0.2) is 0 Å². The van der Waals surface area contributed by atoms with Crippen LogP contribution in [0.5, 0.6) is 0 Å². The molecule has 0 saturated carbocycles. The Bertz CT molecular complexity index is 4680. The standard InChI is InChI=1S/C24H20F2N6O.C23H20N6O.C22H14F4N6O.CH4/c1-15-9-18(20-14-27-7-8-28-20)13-31-22(15)23(33)32-12-16-3-4-19(30-11-16)17-5-6-29-21(10-17)24(2,25)26;1-15-9-19(27-13-20(15)17-5-6-25-16(2)10-17)12-29-23(30)21-4-3-18(11-28-21)22-14-24-7-8-26-22;23-16-7-13(9-31-20(16)14-3-4-29-19(8-14)22(24,25)26)10-32-21(33)17-2-1-15(11-30-17)18-12-27-5-6-28-18;/h3-11,13-14H,12H2,1-2H3,(H,32,33);3-11,13-14H,12H2,1-2H3,(H,29,30);1-9,11-12H,10H2,(H,32,33);1H4. The van der Waals surface area contributed by atoms with E-state index in [0.29, 0.717) is 63.0 Å². The van der Waals surface area contributed by atoms with Gasteiger partial charge < -0.3 is 16.0 Å². The monoisotopic (exact) mass is 1310 g/mol. The van der Waals surface area contributed by atoms with Crippen LogP contribution in [-0.2, 0) is 31.7 Å². The number of alkyl halides is 5. The van der Waals surface area contributed by atoms with E-state index in [2.05, 4.69) is 90.7 Å². The number of halogens is 6. The Labute approximate surface area is 551 Å². The summed E-state index contributed by atoms with van der Waals surface area (Å²) in [5.41, 5.74) is 11.1. The highest BCUT2D eigenvalue weighted by atomic mass is 19.4. The summed E-state index contributed by atoms with van der Waals surface area (Å²) in [7, 11) is 0. The number of aryl methyl sites for hydroxylation is 3. The maximum Gasteiger partial charge on any atom is 0.433 e. The molecule has 0 saturated heterocycles. The molecular formula is C70H58F6N18O3. The van der Waals surface area contributed by atoms with Gasteiger partial charge in [0, 0.05) is 152 Å². The normalized spacial score (nSPS) is 10.9. The van der Waals surface area contributed by atoms with Gasteiger partial charge in [0.2, 0.25) is 0 Å². The van der Waals surface area contributed by atoms with Crippen LogP contribution >= 0.6 is 0 Å². The highest BCUT2D eigenvalue weighted by molar-refractivity contribution is 5.94. The summed E-state index contributed by atoms with van der Waals surface area (Å²) in [5, 5.41) is 8.29. The molecule has 12 aromatic heterocycles. The number of nitrogens with zero attached hydrogens (tertiary/aromatic N) is 15.